The van der Waals surface area contributed by atoms with E-state index in [1.165, 1.54) is 0 Å². The highest BCUT2D eigenvalue weighted by atomic mass is 16.5. The number of carbonyl (C=O) groups excluding carboxylic acids is 1. The molecule has 6 heteroatoms. The van der Waals surface area contributed by atoms with E-state index >= 15 is 0 Å². The molecule has 2 fully saturated rings. The number of ether oxygens (including phenoxy) is 1. The molecule has 1 aliphatic heterocycles. The molecule has 2 unspecified atom stereocenters. The summed E-state index contributed by atoms with van der Waals surface area (Å²) >= 11 is 0. The van der Waals surface area contributed by atoms with Gasteiger partial charge in [-0.15, -0.1) is 0 Å². The molecule has 21 heavy (non-hydrogen) atoms. The first-order valence-corrected chi connectivity index (χ1v) is 8.01. The minimum Gasteiger partial charge on any atom is -0.409 e. The van der Waals surface area contributed by atoms with Crippen molar-refractivity contribution in [3.63, 3.8) is 0 Å². The van der Waals surface area contributed by atoms with E-state index < -0.39 is 5.41 Å². The molecule has 0 bridgehead atoms. The maximum Gasteiger partial charge on any atom is 0.236 e. The van der Waals surface area contributed by atoms with Crippen LogP contribution in [0.2, 0.25) is 0 Å². The molecule has 1 saturated carbocycles. The van der Waals surface area contributed by atoms with E-state index in [9.17, 15) is 4.79 Å². The molecule has 1 saturated heterocycles. The summed E-state index contributed by atoms with van der Waals surface area (Å²) in [6, 6.07) is 0.143. The summed E-state index contributed by atoms with van der Waals surface area (Å²) in [5.41, 5.74) is 4.98. The Hall–Kier alpha value is -1.30. The Kier molecular flexibility index (Phi) is 5.08. The zero-order valence-electron chi connectivity index (χ0n) is 13.0. The molecule has 0 aromatic carbocycles. The molecule has 0 spiro atoms. The molecule has 2 atom stereocenters. The number of carbonyl (C=O) groups is 1. The molecule has 6 nitrogen and oxygen atoms in total. The normalized spacial score (nSPS) is 27.3. The fourth-order valence-electron chi connectivity index (χ4n) is 3.74. The summed E-state index contributed by atoms with van der Waals surface area (Å²) in [6.07, 6.45) is 5.51. The lowest BCUT2D eigenvalue weighted by Crippen LogP contribution is -2.60. The standard InChI is InChI=1S/C15H27N3O3/c1-3-15(4-2,13(16)17-20)14(19)18-9-10-21-12-8-6-5-7-11(12)18/h11-12,20H,3-10H2,1-2H3,(H2,16,17). The van der Waals surface area contributed by atoms with E-state index in [0.717, 1.165) is 25.7 Å². The first-order valence-electron chi connectivity index (χ1n) is 8.01. The molecule has 0 aromatic rings. The van der Waals surface area contributed by atoms with Gasteiger partial charge in [-0.05, 0) is 25.7 Å². The van der Waals surface area contributed by atoms with E-state index in [2.05, 4.69) is 5.16 Å². The molecule has 2 aliphatic rings. The third-order valence-electron chi connectivity index (χ3n) is 5.21. The molecule has 120 valence electrons. The summed E-state index contributed by atoms with van der Waals surface area (Å²) in [5.74, 6) is 0.0133. The van der Waals surface area contributed by atoms with Crippen molar-refractivity contribution in [3.05, 3.63) is 0 Å². The van der Waals surface area contributed by atoms with E-state index in [0.29, 0.717) is 26.0 Å². The smallest absolute Gasteiger partial charge is 0.236 e. The molecular weight excluding hydrogens is 270 g/mol. The lowest BCUT2D eigenvalue weighted by Gasteiger charge is -2.47. The zero-order chi connectivity index (χ0) is 15.5. The van der Waals surface area contributed by atoms with Gasteiger partial charge in [-0.1, -0.05) is 31.8 Å². The van der Waals surface area contributed by atoms with Crippen molar-refractivity contribution >= 4 is 11.7 Å². The highest BCUT2D eigenvalue weighted by Crippen LogP contribution is 2.35. The van der Waals surface area contributed by atoms with Gasteiger partial charge < -0.3 is 20.6 Å². The lowest BCUT2D eigenvalue weighted by atomic mass is 9.78. The summed E-state index contributed by atoms with van der Waals surface area (Å²) in [5, 5.41) is 12.2. The van der Waals surface area contributed by atoms with Crippen molar-refractivity contribution in [2.24, 2.45) is 16.3 Å². The van der Waals surface area contributed by atoms with E-state index in [4.69, 9.17) is 15.7 Å². The second kappa shape index (κ2) is 6.64. The van der Waals surface area contributed by atoms with Gasteiger partial charge in [0.1, 0.15) is 5.41 Å². The Morgan fingerprint density at radius 3 is 2.67 bits per heavy atom. The first kappa shape index (κ1) is 16.1. The van der Waals surface area contributed by atoms with Gasteiger partial charge in [0.2, 0.25) is 5.91 Å². The molecule has 0 aromatic heterocycles. The largest absolute Gasteiger partial charge is 0.409 e. The fourth-order valence-corrected chi connectivity index (χ4v) is 3.74. The van der Waals surface area contributed by atoms with Crippen molar-refractivity contribution in [2.45, 2.75) is 64.5 Å². The molecular formula is C15H27N3O3. The van der Waals surface area contributed by atoms with Gasteiger partial charge in [0, 0.05) is 6.54 Å². The van der Waals surface area contributed by atoms with Crippen molar-refractivity contribution < 1.29 is 14.7 Å². The fraction of sp³-hybridized carbons (Fsp3) is 0.867. The number of nitrogens with zero attached hydrogens (tertiary/aromatic N) is 2. The molecule has 1 aliphatic carbocycles. The van der Waals surface area contributed by atoms with Crippen molar-refractivity contribution in [1.29, 1.82) is 0 Å². The van der Waals surface area contributed by atoms with Crippen molar-refractivity contribution in [1.82, 2.24) is 4.90 Å². The first-order chi connectivity index (χ1) is 10.1. The third kappa shape index (κ3) is 2.73. The second-order valence-corrected chi connectivity index (χ2v) is 6.03. The van der Waals surface area contributed by atoms with Crippen LogP contribution in [0.15, 0.2) is 5.16 Å². The van der Waals surface area contributed by atoms with Crippen LogP contribution in [0.1, 0.15) is 52.4 Å². The molecule has 3 N–H and O–H groups in total. The zero-order valence-corrected chi connectivity index (χ0v) is 13.0. The van der Waals surface area contributed by atoms with Gasteiger partial charge in [0.15, 0.2) is 5.84 Å². The van der Waals surface area contributed by atoms with E-state index in [-0.39, 0.29) is 23.9 Å². The van der Waals surface area contributed by atoms with Crippen LogP contribution in [-0.2, 0) is 9.53 Å². The Balaban J connectivity index is 2.27. The van der Waals surface area contributed by atoms with Crippen LogP contribution < -0.4 is 5.73 Å². The van der Waals surface area contributed by atoms with Crippen LogP contribution in [0.25, 0.3) is 0 Å². The van der Waals surface area contributed by atoms with Crippen LogP contribution in [0.3, 0.4) is 0 Å². The van der Waals surface area contributed by atoms with E-state index in [1.54, 1.807) is 0 Å². The SMILES string of the molecule is CCC(CC)(C(=O)N1CCOC2CCCCC21)C(N)=NO. The van der Waals surface area contributed by atoms with Crippen LogP contribution in [-0.4, -0.2) is 47.1 Å². The minimum atomic E-state index is -0.895. The number of morpholine rings is 1. The van der Waals surface area contributed by atoms with Gasteiger partial charge >= 0.3 is 0 Å². The number of rotatable bonds is 4. The van der Waals surface area contributed by atoms with Crippen molar-refractivity contribution in [3.8, 4) is 0 Å². The number of fused-ring (bicyclic) bond motifs is 1. The third-order valence-corrected chi connectivity index (χ3v) is 5.21. The quantitative estimate of drug-likeness (QED) is 0.358. The van der Waals surface area contributed by atoms with Crippen LogP contribution in [0.4, 0.5) is 0 Å². The average Bonchev–Trinajstić information content (AvgIpc) is 2.55. The van der Waals surface area contributed by atoms with Gasteiger partial charge in [0.05, 0.1) is 18.8 Å². The average molecular weight is 297 g/mol. The molecule has 1 heterocycles. The van der Waals surface area contributed by atoms with Gasteiger partial charge in [0.25, 0.3) is 0 Å². The number of hydrogen-bond donors (Lipinski definition) is 2. The minimum absolute atomic E-state index is 0.0111. The molecule has 2 rings (SSSR count). The highest BCUT2D eigenvalue weighted by molar-refractivity contribution is 6.06. The monoisotopic (exact) mass is 297 g/mol. The number of hydrogen-bond acceptors (Lipinski definition) is 4. The maximum atomic E-state index is 13.1. The van der Waals surface area contributed by atoms with Gasteiger partial charge in [-0.3, -0.25) is 4.79 Å². The second-order valence-electron chi connectivity index (χ2n) is 6.03. The summed E-state index contributed by atoms with van der Waals surface area (Å²) in [6.45, 7) is 5.00. The Bertz CT molecular complexity index is 405. The Morgan fingerprint density at radius 1 is 1.38 bits per heavy atom. The lowest BCUT2D eigenvalue weighted by molar-refractivity contribution is -0.157. The van der Waals surface area contributed by atoms with Crippen molar-refractivity contribution in [2.75, 3.05) is 13.2 Å². The summed E-state index contributed by atoms with van der Waals surface area (Å²) in [4.78, 5) is 15.1. The Labute approximate surface area is 126 Å². The number of amides is 1. The topological polar surface area (TPSA) is 88.2 Å². The number of oxime groups is 1. The van der Waals surface area contributed by atoms with Crippen LogP contribution in [0, 0.1) is 5.41 Å². The number of nitrogens with two attached hydrogens (primary N) is 1. The number of amidine groups is 1. The summed E-state index contributed by atoms with van der Waals surface area (Å²) in [7, 11) is 0. The highest BCUT2D eigenvalue weighted by Gasteiger charge is 2.47. The molecule has 0 radical (unpaired) electrons. The maximum absolute atomic E-state index is 13.1. The van der Waals surface area contributed by atoms with Gasteiger partial charge in [-0.2, -0.15) is 0 Å². The predicted octanol–water partition coefficient (Wildman–Crippen LogP) is 1.71. The predicted molar refractivity (Wildman–Crippen MR) is 80.1 cm³/mol. The molecule has 1 amide bonds. The van der Waals surface area contributed by atoms with Crippen LogP contribution >= 0.6 is 0 Å². The summed E-state index contributed by atoms with van der Waals surface area (Å²) < 4.78 is 5.82. The Morgan fingerprint density at radius 2 is 2.05 bits per heavy atom. The van der Waals surface area contributed by atoms with Gasteiger partial charge in [-0.25, -0.2) is 0 Å². The van der Waals surface area contributed by atoms with E-state index in [1.807, 2.05) is 18.7 Å². The van der Waals surface area contributed by atoms with Crippen LogP contribution in [0.5, 0.6) is 0 Å².